The first-order chi connectivity index (χ1) is 14.1. The number of nitrogens with zero attached hydrogens (tertiary/aromatic N) is 3. The fraction of sp³-hybridized carbons (Fsp3) is 0.400. The zero-order chi connectivity index (χ0) is 22.2. The lowest BCUT2D eigenvalue weighted by atomic mass is 9.99. The van der Waals surface area contributed by atoms with Crippen LogP contribution in [0.3, 0.4) is 0 Å². The highest BCUT2D eigenvalue weighted by atomic mass is 35.5. The Balaban J connectivity index is 2.37. The Bertz CT molecular complexity index is 1220. The number of halogens is 4. The summed E-state index contributed by atoms with van der Waals surface area (Å²) in [5, 5.41) is -0.713. The van der Waals surface area contributed by atoms with Crippen molar-refractivity contribution in [2.24, 2.45) is 0 Å². The van der Waals surface area contributed by atoms with E-state index in [4.69, 9.17) is 11.6 Å². The van der Waals surface area contributed by atoms with Gasteiger partial charge in [0, 0.05) is 19.0 Å². The van der Waals surface area contributed by atoms with Crippen molar-refractivity contribution in [3.8, 4) is 5.69 Å². The third-order valence-electron chi connectivity index (χ3n) is 4.88. The van der Waals surface area contributed by atoms with Gasteiger partial charge in [-0.2, -0.15) is 0 Å². The smallest absolute Gasteiger partial charge is 0.273 e. The number of rotatable bonds is 6. The second kappa shape index (κ2) is 8.22. The fourth-order valence-corrected chi connectivity index (χ4v) is 3.34. The summed E-state index contributed by atoms with van der Waals surface area (Å²) < 4.78 is 42.8. The van der Waals surface area contributed by atoms with E-state index in [9.17, 15) is 22.8 Å². The first-order valence-corrected chi connectivity index (χ1v) is 9.80. The second-order valence-electron chi connectivity index (χ2n) is 7.29. The van der Waals surface area contributed by atoms with Crippen LogP contribution in [0.25, 0.3) is 16.7 Å². The van der Waals surface area contributed by atoms with Gasteiger partial charge in [-0.1, -0.05) is 32.4 Å². The van der Waals surface area contributed by atoms with E-state index in [-0.39, 0.29) is 35.5 Å². The average Bonchev–Trinajstić information content (AvgIpc) is 2.68. The van der Waals surface area contributed by atoms with E-state index in [0.717, 1.165) is 10.6 Å². The molecule has 0 fully saturated rings. The third-order valence-corrected chi connectivity index (χ3v) is 5.14. The molecule has 3 aromatic heterocycles. The van der Waals surface area contributed by atoms with Gasteiger partial charge in [-0.3, -0.25) is 14.8 Å². The van der Waals surface area contributed by atoms with E-state index in [0.29, 0.717) is 11.3 Å². The van der Waals surface area contributed by atoms with E-state index in [1.807, 2.05) is 13.8 Å². The largest absolute Gasteiger partial charge is 0.334 e. The number of aromatic nitrogens is 4. The lowest BCUT2D eigenvalue weighted by molar-refractivity contribution is -0.0110. The number of aromatic amines is 1. The summed E-state index contributed by atoms with van der Waals surface area (Å²) in [5.74, 6) is -3.98. The molecule has 0 unspecified atom stereocenters. The molecule has 0 radical (unpaired) electrons. The Kier molecular flexibility index (Phi) is 6.03. The summed E-state index contributed by atoms with van der Waals surface area (Å²) >= 11 is 5.81. The van der Waals surface area contributed by atoms with Crippen molar-refractivity contribution in [3.05, 3.63) is 61.4 Å². The molecule has 3 aromatic rings. The van der Waals surface area contributed by atoms with Crippen LogP contribution in [0.5, 0.6) is 0 Å². The van der Waals surface area contributed by atoms with Crippen LogP contribution in [0.15, 0.2) is 27.9 Å². The average molecular weight is 441 g/mol. The highest BCUT2D eigenvalue weighted by Gasteiger charge is 2.27. The second-order valence-corrected chi connectivity index (χ2v) is 7.65. The van der Waals surface area contributed by atoms with Gasteiger partial charge < -0.3 is 0 Å². The van der Waals surface area contributed by atoms with Crippen LogP contribution >= 0.6 is 11.6 Å². The molecule has 0 saturated heterocycles. The fourth-order valence-electron chi connectivity index (χ4n) is 3.21. The molecule has 30 heavy (non-hydrogen) atoms. The predicted molar refractivity (Wildman–Crippen MR) is 108 cm³/mol. The molecule has 0 spiro atoms. The van der Waals surface area contributed by atoms with Crippen molar-refractivity contribution < 1.29 is 13.2 Å². The molecule has 3 rings (SSSR count). The standard InChI is InChI=1S/C20H20ClF3N4O2/c1-4-20(23,24)7-5-11-6-8-25-14(10(2)3)15(11)28-17-12(18(29)27-19(28)30)9-13(22)16(21)26-17/h6,8-10H,4-5,7H2,1-3H3,(H,27,29,30). The summed E-state index contributed by atoms with van der Waals surface area (Å²) in [4.78, 5) is 35.3. The van der Waals surface area contributed by atoms with Gasteiger partial charge >= 0.3 is 5.69 Å². The number of pyridine rings is 2. The Morgan fingerprint density at radius 1 is 1.30 bits per heavy atom. The van der Waals surface area contributed by atoms with Crippen LogP contribution in [0.2, 0.25) is 5.15 Å². The van der Waals surface area contributed by atoms with Gasteiger partial charge in [0.1, 0.15) is 0 Å². The molecule has 0 atom stereocenters. The molecule has 0 aromatic carbocycles. The van der Waals surface area contributed by atoms with E-state index in [1.54, 1.807) is 6.07 Å². The van der Waals surface area contributed by atoms with Crippen molar-refractivity contribution in [1.29, 1.82) is 0 Å². The number of nitrogens with one attached hydrogen (secondary N) is 1. The third kappa shape index (κ3) is 4.12. The zero-order valence-electron chi connectivity index (χ0n) is 16.6. The first kappa shape index (κ1) is 22.0. The molecule has 6 nitrogen and oxygen atoms in total. The summed E-state index contributed by atoms with van der Waals surface area (Å²) in [6.07, 6.45) is 0.691. The Morgan fingerprint density at radius 2 is 2.00 bits per heavy atom. The summed E-state index contributed by atoms with van der Waals surface area (Å²) in [5.41, 5.74) is -0.733. The lowest BCUT2D eigenvalue weighted by Crippen LogP contribution is -2.31. The molecule has 160 valence electrons. The van der Waals surface area contributed by atoms with Crippen LogP contribution in [0.4, 0.5) is 13.2 Å². The van der Waals surface area contributed by atoms with Gasteiger partial charge in [0.25, 0.3) is 5.56 Å². The minimum absolute atomic E-state index is 0.0413. The summed E-state index contributed by atoms with van der Waals surface area (Å²) in [7, 11) is 0. The van der Waals surface area contributed by atoms with Crippen molar-refractivity contribution in [2.75, 3.05) is 0 Å². The lowest BCUT2D eigenvalue weighted by Gasteiger charge is -2.20. The molecule has 10 heteroatoms. The summed E-state index contributed by atoms with van der Waals surface area (Å²) in [6, 6.07) is 2.43. The van der Waals surface area contributed by atoms with Crippen LogP contribution < -0.4 is 11.2 Å². The molecular weight excluding hydrogens is 421 g/mol. The number of H-pyrrole nitrogens is 1. The predicted octanol–water partition coefficient (Wildman–Crippen LogP) is 4.36. The maximum atomic E-state index is 13.9. The van der Waals surface area contributed by atoms with E-state index >= 15 is 0 Å². The Morgan fingerprint density at radius 3 is 2.63 bits per heavy atom. The Labute approximate surface area is 174 Å². The van der Waals surface area contributed by atoms with Crippen molar-refractivity contribution in [1.82, 2.24) is 19.5 Å². The number of aryl methyl sites for hydroxylation is 1. The molecule has 0 aliphatic rings. The maximum absolute atomic E-state index is 13.9. The normalized spacial score (nSPS) is 12.1. The van der Waals surface area contributed by atoms with Crippen LogP contribution in [0, 0.1) is 5.82 Å². The van der Waals surface area contributed by atoms with Gasteiger partial charge in [-0.15, -0.1) is 0 Å². The van der Waals surface area contributed by atoms with Crippen LogP contribution in [-0.4, -0.2) is 25.4 Å². The van der Waals surface area contributed by atoms with E-state index < -0.39 is 34.6 Å². The number of hydrogen-bond donors (Lipinski definition) is 1. The van der Waals surface area contributed by atoms with Crippen LogP contribution in [-0.2, 0) is 6.42 Å². The number of hydrogen-bond acceptors (Lipinski definition) is 4. The van der Waals surface area contributed by atoms with E-state index in [1.165, 1.54) is 13.1 Å². The van der Waals surface area contributed by atoms with Gasteiger partial charge in [-0.05, 0) is 30.0 Å². The zero-order valence-corrected chi connectivity index (χ0v) is 17.4. The minimum atomic E-state index is -2.87. The summed E-state index contributed by atoms with van der Waals surface area (Å²) in [6.45, 7) is 5.05. The van der Waals surface area contributed by atoms with E-state index in [2.05, 4.69) is 15.0 Å². The topological polar surface area (TPSA) is 80.6 Å². The highest BCUT2D eigenvalue weighted by molar-refractivity contribution is 6.29. The SMILES string of the molecule is CCC(F)(F)CCc1ccnc(C(C)C)c1-n1c(=O)[nH]c(=O)c2cc(F)c(Cl)nc21. The molecule has 0 amide bonds. The molecular formula is C20H20ClF3N4O2. The highest BCUT2D eigenvalue weighted by Crippen LogP contribution is 2.30. The van der Waals surface area contributed by atoms with Gasteiger partial charge in [0.2, 0.25) is 5.92 Å². The Hall–Kier alpha value is -2.68. The van der Waals surface area contributed by atoms with Crippen LogP contribution in [0.1, 0.15) is 50.8 Å². The van der Waals surface area contributed by atoms with Crippen molar-refractivity contribution in [2.45, 2.75) is 51.9 Å². The molecule has 0 aliphatic heterocycles. The minimum Gasteiger partial charge on any atom is -0.273 e. The van der Waals surface area contributed by atoms with Gasteiger partial charge in [0.15, 0.2) is 16.6 Å². The van der Waals surface area contributed by atoms with Crippen molar-refractivity contribution in [3.63, 3.8) is 0 Å². The monoisotopic (exact) mass is 440 g/mol. The van der Waals surface area contributed by atoms with Crippen molar-refractivity contribution >= 4 is 22.6 Å². The first-order valence-electron chi connectivity index (χ1n) is 9.42. The van der Waals surface area contributed by atoms with Gasteiger partial charge in [-0.25, -0.2) is 27.5 Å². The number of fused-ring (bicyclic) bond motifs is 1. The molecule has 0 saturated carbocycles. The maximum Gasteiger partial charge on any atom is 0.334 e. The number of alkyl halides is 2. The molecule has 1 N–H and O–H groups in total. The quantitative estimate of drug-likeness (QED) is 0.577. The van der Waals surface area contributed by atoms with Gasteiger partial charge in [0.05, 0.1) is 16.8 Å². The molecule has 3 heterocycles. The molecule has 0 aliphatic carbocycles. The molecule has 0 bridgehead atoms.